The maximum Gasteiger partial charge on any atom is 0.230 e. The number of hydrogen-bond donors (Lipinski definition) is 0. The molecule has 1 aliphatic carbocycles. The van der Waals surface area contributed by atoms with Crippen molar-refractivity contribution in [1.82, 2.24) is 9.21 Å². The van der Waals surface area contributed by atoms with Gasteiger partial charge >= 0.3 is 0 Å². The van der Waals surface area contributed by atoms with Crippen LogP contribution in [0.2, 0.25) is 0 Å². The Labute approximate surface area is 144 Å². The number of fused-ring (bicyclic) bond motifs is 1. The zero-order valence-corrected chi connectivity index (χ0v) is 15.3. The van der Waals surface area contributed by atoms with Gasteiger partial charge in [-0.15, -0.1) is 0 Å². The minimum Gasteiger partial charge on any atom is -0.342 e. The second-order valence-electron chi connectivity index (χ2n) is 6.98. The number of sulfonamides is 1. The Morgan fingerprint density at radius 3 is 2.50 bits per heavy atom. The molecule has 1 fully saturated rings. The van der Waals surface area contributed by atoms with Crippen molar-refractivity contribution in [2.75, 3.05) is 26.4 Å². The van der Waals surface area contributed by atoms with Crippen molar-refractivity contribution >= 4 is 15.9 Å². The van der Waals surface area contributed by atoms with E-state index in [1.54, 1.807) is 7.05 Å². The lowest BCUT2D eigenvalue weighted by Crippen LogP contribution is -2.48. The van der Waals surface area contributed by atoms with E-state index in [0.29, 0.717) is 25.9 Å². The normalized spacial score (nSPS) is 22.5. The van der Waals surface area contributed by atoms with E-state index in [1.165, 1.54) is 21.7 Å². The summed E-state index contributed by atoms with van der Waals surface area (Å²) >= 11 is 0. The van der Waals surface area contributed by atoms with E-state index in [1.807, 2.05) is 17.0 Å². The predicted molar refractivity (Wildman–Crippen MR) is 94.3 cm³/mol. The minimum absolute atomic E-state index is 0.00249. The fraction of sp³-hybridized carbons (Fsp3) is 0.611. The summed E-state index contributed by atoms with van der Waals surface area (Å²) in [6.45, 7) is 1.28. The highest BCUT2D eigenvalue weighted by Crippen LogP contribution is 2.33. The molecule has 1 aliphatic heterocycles. The molecular weight excluding hydrogens is 324 g/mol. The van der Waals surface area contributed by atoms with Crippen LogP contribution >= 0.6 is 0 Å². The van der Waals surface area contributed by atoms with Gasteiger partial charge in [0.25, 0.3) is 0 Å². The van der Waals surface area contributed by atoms with Crippen molar-refractivity contribution in [3.05, 3.63) is 35.4 Å². The molecule has 1 unspecified atom stereocenters. The lowest BCUT2D eigenvalue weighted by molar-refractivity contribution is -0.134. The maximum absolute atomic E-state index is 13.0. The summed E-state index contributed by atoms with van der Waals surface area (Å²) in [6, 6.07) is 8.27. The first-order valence-corrected chi connectivity index (χ1v) is 10.5. The van der Waals surface area contributed by atoms with Crippen LogP contribution < -0.4 is 0 Å². The monoisotopic (exact) mass is 350 g/mol. The van der Waals surface area contributed by atoms with Crippen LogP contribution in [0, 0.1) is 0 Å². The number of aryl methyl sites for hydroxylation is 1. The van der Waals surface area contributed by atoms with Crippen molar-refractivity contribution in [2.24, 2.45) is 0 Å². The first kappa shape index (κ1) is 17.4. The second kappa shape index (κ2) is 6.84. The number of piperidine rings is 1. The minimum atomic E-state index is -3.17. The summed E-state index contributed by atoms with van der Waals surface area (Å²) in [6.07, 6.45) is 5.69. The van der Waals surface area contributed by atoms with E-state index in [9.17, 15) is 13.2 Å². The molecule has 0 bridgehead atoms. The Morgan fingerprint density at radius 1 is 1.17 bits per heavy atom. The summed E-state index contributed by atoms with van der Waals surface area (Å²) in [5.74, 6) is 0.182. The van der Waals surface area contributed by atoms with Crippen molar-refractivity contribution in [2.45, 2.75) is 44.1 Å². The quantitative estimate of drug-likeness (QED) is 0.838. The molecule has 0 N–H and O–H groups in total. The summed E-state index contributed by atoms with van der Waals surface area (Å²) in [4.78, 5) is 14.9. The number of amides is 1. The van der Waals surface area contributed by atoms with Crippen LogP contribution in [0.1, 0.15) is 42.7 Å². The van der Waals surface area contributed by atoms with E-state index < -0.39 is 10.0 Å². The van der Waals surface area contributed by atoms with Crippen LogP contribution in [0.5, 0.6) is 0 Å². The lowest BCUT2D eigenvalue weighted by atomic mass is 9.82. The van der Waals surface area contributed by atoms with E-state index in [4.69, 9.17) is 0 Å². The Hall–Kier alpha value is -1.40. The van der Waals surface area contributed by atoms with E-state index in [2.05, 4.69) is 12.1 Å². The Morgan fingerprint density at radius 2 is 1.83 bits per heavy atom. The molecule has 3 rings (SSSR count). The first-order valence-electron chi connectivity index (χ1n) is 8.67. The van der Waals surface area contributed by atoms with Crippen molar-refractivity contribution < 1.29 is 13.2 Å². The molecule has 1 aromatic rings. The second-order valence-corrected chi connectivity index (χ2v) is 9.02. The van der Waals surface area contributed by atoms with Crippen LogP contribution in [-0.2, 0) is 21.2 Å². The molecule has 1 amide bonds. The molecule has 5 nitrogen and oxygen atoms in total. The molecule has 24 heavy (non-hydrogen) atoms. The molecule has 0 radical (unpaired) electrons. The average Bonchev–Trinajstić information content (AvgIpc) is 2.59. The van der Waals surface area contributed by atoms with E-state index in [-0.39, 0.29) is 17.9 Å². The van der Waals surface area contributed by atoms with E-state index in [0.717, 1.165) is 19.3 Å². The van der Waals surface area contributed by atoms with Crippen LogP contribution in [-0.4, -0.2) is 56.0 Å². The molecule has 0 saturated carbocycles. The predicted octanol–water partition coefficient (Wildman–Crippen LogP) is 1.99. The summed E-state index contributed by atoms with van der Waals surface area (Å²) in [7, 11) is -1.54. The Balaban J connectivity index is 1.66. The van der Waals surface area contributed by atoms with Crippen LogP contribution in [0.3, 0.4) is 0 Å². The van der Waals surface area contributed by atoms with Crippen molar-refractivity contribution in [3.63, 3.8) is 0 Å². The molecule has 132 valence electrons. The highest BCUT2D eigenvalue weighted by molar-refractivity contribution is 7.88. The van der Waals surface area contributed by atoms with Gasteiger partial charge in [0.05, 0.1) is 12.2 Å². The van der Waals surface area contributed by atoms with E-state index >= 15 is 0 Å². The van der Waals surface area contributed by atoms with Crippen molar-refractivity contribution in [3.8, 4) is 0 Å². The lowest BCUT2D eigenvalue weighted by Gasteiger charge is -2.38. The summed E-state index contributed by atoms with van der Waals surface area (Å²) in [5, 5.41) is 0. The molecule has 6 heteroatoms. The third-order valence-electron chi connectivity index (χ3n) is 5.48. The Kier molecular flexibility index (Phi) is 4.97. The van der Waals surface area contributed by atoms with Gasteiger partial charge in [0.2, 0.25) is 15.9 Å². The fourth-order valence-corrected chi connectivity index (χ4v) is 4.70. The zero-order valence-electron chi connectivity index (χ0n) is 14.4. The molecule has 1 saturated heterocycles. The number of nitrogens with zero attached hydrogens (tertiary/aromatic N) is 2. The zero-order chi connectivity index (χ0) is 17.3. The van der Waals surface area contributed by atoms with Gasteiger partial charge in [-0.05, 0) is 43.2 Å². The average molecular weight is 350 g/mol. The first-order chi connectivity index (χ1) is 11.4. The SMILES string of the molecule is CN(C1CCN(C(=O)C2CCCc3ccccc32)CC1)S(C)(=O)=O. The third-order valence-corrected chi connectivity index (χ3v) is 6.83. The van der Waals surface area contributed by atoms with Gasteiger partial charge in [-0.3, -0.25) is 4.79 Å². The van der Waals surface area contributed by atoms with Crippen LogP contribution in [0.25, 0.3) is 0 Å². The highest BCUT2D eigenvalue weighted by atomic mass is 32.2. The largest absolute Gasteiger partial charge is 0.342 e. The molecule has 1 atom stereocenters. The number of benzene rings is 1. The maximum atomic E-state index is 13.0. The molecular formula is C18H26N2O3S. The number of carbonyl (C=O) groups is 1. The number of rotatable bonds is 3. The molecule has 1 aromatic carbocycles. The third kappa shape index (κ3) is 3.49. The topological polar surface area (TPSA) is 57.7 Å². The van der Waals surface area contributed by atoms with Gasteiger partial charge < -0.3 is 4.90 Å². The van der Waals surface area contributed by atoms with Crippen LogP contribution in [0.4, 0.5) is 0 Å². The highest BCUT2D eigenvalue weighted by Gasteiger charge is 2.33. The smallest absolute Gasteiger partial charge is 0.230 e. The van der Waals surface area contributed by atoms with Gasteiger partial charge in [-0.25, -0.2) is 12.7 Å². The van der Waals surface area contributed by atoms with Gasteiger partial charge in [-0.1, -0.05) is 24.3 Å². The fourth-order valence-electron chi connectivity index (χ4n) is 3.95. The van der Waals surface area contributed by atoms with Crippen molar-refractivity contribution in [1.29, 1.82) is 0 Å². The number of carbonyl (C=O) groups excluding carboxylic acids is 1. The van der Waals surface area contributed by atoms with Crippen LogP contribution in [0.15, 0.2) is 24.3 Å². The Bertz CT molecular complexity index is 709. The molecule has 0 spiro atoms. The van der Waals surface area contributed by atoms with Gasteiger partial charge in [0.1, 0.15) is 0 Å². The molecule has 1 heterocycles. The number of likely N-dealkylation sites (tertiary alicyclic amines) is 1. The van der Waals surface area contributed by atoms with Gasteiger partial charge in [0.15, 0.2) is 0 Å². The summed E-state index contributed by atoms with van der Waals surface area (Å²) in [5.41, 5.74) is 2.48. The number of hydrogen-bond acceptors (Lipinski definition) is 3. The van der Waals surface area contributed by atoms with Gasteiger partial charge in [-0.2, -0.15) is 0 Å². The molecule has 0 aromatic heterocycles. The van der Waals surface area contributed by atoms with Gasteiger partial charge in [0, 0.05) is 26.2 Å². The molecule has 2 aliphatic rings. The standard InChI is InChI=1S/C18H26N2O3S/c1-19(24(2,22)23)15-10-12-20(13-11-15)18(21)17-9-5-7-14-6-3-4-8-16(14)17/h3-4,6,8,15,17H,5,7,9-13H2,1-2H3. The summed E-state index contributed by atoms with van der Waals surface area (Å²) < 4.78 is 24.8.